The number of esters is 1. The quantitative estimate of drug-likeness (QED) is 0.525. The molecule has 19 heavy (non-hydrogen) atoms. The Morgan fingerprint density at radius 3 is 2.42 bits per heavy atom. The van der Waals surface area contributed by atoms with Crippen molar-refractivity contribution >= 4 is 5.97 Å². The third kappa shape index (κ3) is 3.29. The number of fused-ring (bicyclic) bond motifs is 2. The van der Waals surface area contributed by atoms with E-state index in [1.165, 1.54) is 6.42 Å². The largest absolute Gasteiger partial charge is 0.463 e. The second-order valence-corrected chi connectivity index (χ2v) is 5.99. The molecule has 0 radical (unpaired) electrons. The molecule has 5 atom stereocenters. The van der Waals surface area contributed by atoms with Gasteiger partial charge in [0, 0.05) is 7.11 Å². The summed E-state index contributed by atoms with van der Waals surface area (Å²) in [5.74, 6) is 2.83. The first kappa shape index (κ1) is 14.8. The average Bonchev–Trinajstić information content (AvgIpc) is 2.95. The van der Waals surface area contributed by atoms with Crippen LogP contribution in [0.15, 0.2) is 0 Å². The van der Waals surface area contributed by atoms with Crippen LogP contribution in [0.4, 0.5) is 0 Å². The summed E-state index contributed by atoms with van der Waals surface area (Å²) in [6.45, 7) is 6.55. The van der Waals surface area contributed by atoms with Crippen molar-refractivity contribution in [3.05, 3.63) is 0 Å². The van der Waals surface area contributed by atoms with Gasteiger partial charge in [-0.15, -0.1) is 0 Å². The Kier molecular flexibility index (Phi) is 5.22. The summed E-state index contributed by atoms with van der Waals surface area (Å²) in [5, 5.41) is 0. The lowest BCUT2D eigenvalue weighted by Crippen LogP contribution is -2.31. The average molecular weight is 270 g/mol. The third-order valence-corrected chi connectivity index (χ3v) is 5.10. The van der Waals surface area contributed by atoms with E-state index in [1.54, 1.807) is 7.11 Å². The first-order chi connectivity index (χ1) is 9.15. The van der Waals surface area contributed by atoms with Gasteiger partial charge in [0.15, 0.2) is 0 Å². The minimum absolute atomic E-state index is 0.0124. The number of carbonyl (C=O) groups is 1. The van der Waals surface area contributed by atoms with Gasteiger partial charge in [-0.25, -0.2) is 0 Å². The highest BCUT2D eigenvalue weighted by atomic mass is 16.6. The van der Waals surface area contributed by atoms with Crippen LogP contribution in [0.5, 0.6) is 0 Å². The smallest absolute Gasteiger partial charge is 0.309 e. The molecule has 5 unspecified atom stereocenters. The highest BCUT2D eigenvalue weighted by Gasteiger charge is 2.51. The molecule has 0 aromatic carbocycles. The summed E-state index contributed by atoms with van der Waals surface area (Å²) in [4.78, 5) is 12.1. The predicted octanol–water partition coefficient (Wildman–Crippen LogP) is 2.12. The molecule has 2 bridgehead atoms. The summed E-state index contributed by atoms with van der Waals surface area (Å²) >= 11 is 0. The van der Waals surface area contributed by atoms with Crippen LogP contribution in [0.3, 0.4) is 0 Å². The zero-order valence-electron chi connectivity index (χ0n) is 12.3. The van der Waals surface area contributed by atoms with E-state index < -0.39 is 0 Å². The molecule has 4 nitrogen and oxygen atoms in total. The standard InChI is InChI=1S/C15H26O4/c1-10-11(2)13-8-12(10)9-14(13)15(16)19-7-6-18-5-4-17-3/h10-14H,4-9H2,1-3H3. The minimum atomic E-state index is -0.0124. The number of carbonyl (C=O) groups excluding carboxylic acids is 1. The number of ether oxygens (including phenoxy) is 3. The molecule has 4 heteroatoms. The van der Waals surface area contributed by atoms with Gasteiger partial charge in [0.2, 0.25) is 0 Å². The van der Waals surface area contributed by atoms with Gasteiger partial charge in [-0.3, -0.25) is 4.79 Å². The van der Waals surface area contributed by atoms with Gasteiger partial charge >= 0.3 is 5.97 Å². The minimum Gasteiger partial charge on any atom is -0.463 e. The van der Waals surface area contributed by atoms with E-state index in [-0.39, 0.29) is 11.9 Å². The lowest BCUT2D eigenvalue weighted by molar-refractivity contribution is -0.153. The second kappa shape index (κ2) is 6.71. The summed E-state index contributed by atoms with van der Waals surface area (Å²) in [6.07, 6.45) is 2.24. The maximum Gasteiger partial charge on any atom is 0.309 e. The molecule has 2 aliphatic carbocycles. The molecule has 0 aliphatic heterocycles. The fourth-order valence-corrected chi connectivity index (χ4v) is 3.76. The van der Waals surface area contributed by atoms with Crippen LogP contribution in [-0.2, 0) is 19.0 Å². The molecule has 2 aliphatic rings. The molecule has 110 valence electrons. The van der Waals surface area contributed by atoms with Gasteiger partial charge in [0.05, 0.1) is 25.7 Å². The number of rotatable bonds is 7. The van der Waals surface area contributed by atoms with Crippen LogP contribution in [0.25, 0.3) is 0 Å². The molecule has 0 N–H and O–H groups in total. The second-order valence-electron chi connectivity index (χ2n) is 5.99. The zero-order valence-corrected chi connectivity index (χ0v) is 12.3. The van der Waals surface area contributed by atoms with E-state index in [0.717, 1.165) is 18.3 Å². The molecule has 2 rings (SSSR count). The van der Waals surface area contributed by atoms with Crippen LogP contribution < -0.4 is 0 Å². The van der Waals surface area contributed by atoms with Crippen molar-refractivity contribution in [2.75, 3.05) is 33.5 Å². The number of hydrogen-bond acceptors (Lipinski definition) is 4. The summed E-state index contributed by atoms with van der Waals surface area (Å²) in [5.41, 5.74) is 0. The van der Waals surface area contributed by atoms with Crippen LogP contribution in [-0.4, -0.2) is 39.5 Å². The van der Waals surface area contributed by atoms with E-state index in [4.69, 9.17) is 14.2 Å². The van der Waals surface area contributed by atoms with E-state index in [1.807, 2.05) is 0 Å². The Morgan fingerprint density at radius 1 is 1.05 bits per heavy atom. The zero-order chi connectivity index (χ0) is 13.8. The molecule has 0 spiro atoms. The monoisotopic (exact) mass is 270 g/mol. The van der Waals surface area contributed by atoms with Crippen LogP contribution in [0.1, 0.15) is 26.7 Å². The molecule has 2 fully saturated rings. The molecule has 0 aromatic rings. The van der Waals surface area contributed by atoms with Crippen LogP contribution >= 0.6 is 0 Å². The van der Waals surface area contributed by atoms with Gasteiger partial charge in [-0.1, -0.05) is 13.8 Å². The fraction of sp³-hybridized carbons (Fsp3) is 0.933. The summed E-state index contributed by atoms with van der Waals surface area (Å²) in [7, 11) is 1.64. The van der Waals surface area contributed by atoms with E-state index in [0.29, 0.717) is 38.3 Å². The maximum absolute atomic E-state index is 12.1. The Balaban J connectivity index is 1.65. The molecular formula is C15H26O4. The highest BCUT2D eigenvalue weighted by Crippen LogP contribution is 2.55. The first-order valence-corrected chi connectivity index (χ1v) is 7.38. The van der Waals surface area contributed by atoms with Gasteiger partial charge < -0.3 is 14.2 Å². The Labute approximate surface area is 115 Å². The normalized spacial score (nSPS) is 36.7. The van der Waals surface area contributed by atoms with Gasteiger partial charge in [0.1, 0.15) is 6.61 Å². The van der Waals surface area contributed by atoms with Crippen molar-refractivity contribution in [3.8, 4) is 0 Å². The van der Waals surface area contributed by atoms with Gasteiger partial charge in [-0.2, -0.15) is 0 Å². The Bertz CT molecular complexity index is 303. The maximum atomic E-state index is 12.1. The van der Waals surface area contributed by atoms with Crippen molar-refractivity contribution < 1.29 is 19.0 Å². The Hall–Kier alpha value is -0.610. The van der Waals surface area contributed by atoms with Gasteiger partial charge in [0.25, 0.3) is 0 Å². The Morgan fingerprint density at radius 2 is 1.79 bits per heavy atom. The van der Waals surface area contributed by atoms with Crippen LogP contribution in [0.2, 0.25) is 0 Å². The fourth-order valence-electron chi connectivity index (χ4n) is 3.76. The number of hydrogen-bond donors (Lipinski definition) is 0. The SMILES string of the molecule is COCCOCCOC(=O)C1CC2CC1C(C)C2C. The predicted molar refractivity (Wildman–Crippen MR) is 71.7 cm³/mol. The van der Waals surface area contributed by atoms with Crippen molar-refractivity contribution in [1.29, 1.82) is 0 Å². The van der Waals surface area contributed by atoms with E-state index >= 15 is 0 Å². The van der Waals surface area contributed by atoms with Gasteiger partial charge in [-0.05, 0) is 36.5 Å². The number of methoxy groups -OCH3 is 1. The molecule has 0 heterocycles. The first-order valence-electron chi connectivity index (χ1n) is 7.38. The summed E-state index contributed by atoms with van der Waals surface area (Å²) in [6, 6.07) is 0. The van der Waals surface area contributed by atoms with Crippen LogP contribution in [0, 0.1) is 29.6 Å². The van der Waals surface area contributed by atoms with E-state index in [2.05, 4.69) is 13.8 Å². The molecule has 0 saturated heterocycles. The van der Waals surface area contributed by atoms with Crippen molar-refractivity contribution in [3.63, 3.8) is 0 Å². The summed E-state index contributed by atoms with van der Waals surface area (Å²) < 4.78 is 15.5. The third-order valence-electron chi connectivity index (χ3n) is 5.10. The van der Waals surface area contributed by atoms with E-state index in [9.17, 15) is 4.79 Å². The lowest BCUT2D eigenvalue weighted by atomic mass is 9.76. The topological polar surface area (TPSA) is 44.8 Å². The highest BCUT2D eigenvalue weighted by molar-refractivity contribution is 5.73. The van der Waals surface area contributed by atoms with Crippen molar-refractivity contribution in [1.82, 2.24) is 0 Å². The lowest BCUT2D eigenvalue weighted by Gasteiger charge is -2.30. The van der Waals surface area contributed by atoms with Crippen molar-refractivity contribution in [2.24, 2.45) is 29.6 Å². The van der Waals surface area contributed by atoms with Crippen molar-refractivity contribution in [2.45, 2.75) is 26.7 Å². The molecular weight excluding hydrogens is 244 g/mol. The molecule has 0 aromatic heterocycles. The molecule has 2 saturated carbocycles. The molecule has 0 amide bonds.